The first kappa shape index (κ1) is 20.5. The van der Waals surface area contributed by atoms with Crippen molar-refractivity contribution < 1.29 is 14.3 Å². The minimum Gasteiger partial charge on any atom is -0.497 e. The molecule has 1 aliphatic rings. The van der Waals surface area contributed by atoms with Crippen molar-refractivity contribution in [2.45, 2.75) is 25.5 Å². The minimum absolute atomic E-state index is 0.0865. The zero-order valence-corrected chi connectivity index (χ0v) is 17.2. The molecular weight excluding hydrogens is 386 g/mol. The number of nitrogens with zero attached hydrogens (tertiary/aromatic N) is 2. The highest BCUT2D eigenvalue weighted by atomic mass is 32.2. The number of nitrogens with one attached hydrogen (secondary N) is 1. The number of thioether (sulfide) groups is 1. The average Bonchev–Trinajstić information content (AvgIpc) is 3.04. The number of hydrogen-bond donors (Lipinski definition) is 1. The standard InChI is InChI=1S/C22H21N3O3S/c1-4-19-21(27)25(16-8-10-17(28-3)11-9-16)22(29-19)18(13-23)20(26)24-15-7-5-6-14(2)12-15/h5-12,19H,4H2,1-3H3,(H,24,26)/b22-18-. The van der Waals surface area contributed by atoms with E-state index in [9.17, 15) is 14.9 Å². The third-order valence-electron chi connectivity index (χ3n) is 4.48. The summed E-state index contributed by atoms with van der Waals surface area (Å²) < 4.78 is 5.17. The third kappa shape index (κ3) is 4.28. The van der Waals surface area contributed by atoms with Crippen molar-refractivity contribution >= 4 is 35.0 Å². The third-order valence-corrected chi connectivity index (χ3v) is 5.91. The number of carbonyl (C=O) groups is 2. The molecule has 0 radical (unpaired) electrons. The SMILES string of the molecule is CCC1S/C(=C(/C#N)C(=O)Nc2cccc(C)c2)N(c2ccc(OC)cc2)C1=O. The van der Waals surface area contributed by atoms with Crippen molar-refractivity contribution in [2.24, 2.45) is 0 Å². The molecule has 1 fully saturated rings. The lowest BCUT2D eigenvalue weighted by molar-refractivity contribution is -0.117. The summed E-state index contributed by atoms with van der Waals surface area (Å²) in [5.74, 6) is -0.0271. The molecule has 1 heterocycles. The molecule has 0 bridgehead atoms. The Morgan fingerprint density at radius 3 is 2.59 bits per heavy atom. The van der Waals surface area contributed by atoms with Crippen LogP contribution in [0.5, 0.6) is 5.75 Å². The fourth-order valence-electron chi connectivity index (χ4n) is 3.00. The van der Waals surface area contributed by atoms with Crippen LogP contribution in [0.1, 0.15) is 18.9 Å². The van der Waals surface area contributed by atoms with E-state index in [-0.39, 0.29) is 16.7 Å². The Bertz CT molecular complexity index is 1010. The van der Waals surface area contributed by atoms with Crippen LogP contribution in [0, 0.1) is 18.3 Å². The Kier molecular flexibility index (Phi) is 6.25. The molecule has 1 aliphatic heterocycles. The number of amides is 2. The van der Waals surface area contributed by atoms with Crippen LogP contribution in [-0.4, -0.2) is 24.2 Å². The van der Waals surface area contributed by atoms with Crippen LogP contribution in [0.4, 0.5) is 11.4 Å². The number of aryl methyl sites for hydroxylation is 1. The van der Waals surface area contributed by atoms with Crippen molar-refractivity contribution in [3.63, 3.8) is 0 Å². The summed E-state index contributed by atoms with van der Waals surface area (Å²) >= 11 is 1.25. The van der Waals surface area contributed by atoms with Gasteiger partial charge in [0.05, 0.1) is 12.4 Å². The van der Waals surface area contributed by atoms with E-state index in [0.29, 0.717) is 28.6 Å². The molecule has 2 amide bonds. The van der Waals surface area contributed by atoms with Crippen LogP contribution in [0.15, 0.2) is 59.1 Å². The van der Waals surface area contributed by atoms with Gasteiger partial charge in [-0.1, -0.05) is 30.8 Å². The largest absolute Gasteiger partial charge is 0.497 e. The number of hydrogen-bond acceptors (Lipinski definition) is 5. The molecule has 148 valence electrons. The predicted molar refractivity (Wildman–Crippen MR) is 115 cm³/mol. The summed E-state index contributed by atoms with van der Waals surface area (Å²) in [6, 6.07) is 16.3. The molecular formula is C22H21N3O3S. The van der Waals surface area contributed by atoms with Gasteiger partial charge in [-0.3, -0.25) is 14.5 Å². The van der Waals surface area contributed by atoms with Crippen LogP contribution >= 0.6 is 11.8 Å². The maximum atomic E-state index is 12.9. The number of rotatable bonds is 5. The van der Waals surface area contributed by atoms with Gasteiger partial charge in [0, 0.05) is 11.4 Å². The van der Waals surface area contributed by atoms with E-state index in [1.807, 2.05) is 38.1 Å². The first-order chi connectivity index (χ1) is 14.0. The van der Waals surface area contributed by atoms with Crippen LogP contribution < -0.4 is 15.0 Å². The summed E-state index contributed by atoms with van der Waals surface area (Å²) in [4.78, 5) is 27.3. The fourth-order valence-corrected chi connectivity index (χ4v) is 4.20. The van der Waals surface area contributed by atoms with Crippen LogP contribution in [0.25, 0.3) is 0 Å². The lowest BCUT2D eigenvalue weighted by Crippen LogP contribution is -2.29. The second kappa shape index (κ2) is 8.84. The number of carbonyl (C=O) groups excluding carboxylic acids is 2. The lowest BCUT2D eigenvalue weighted by Gasteiger charge is -2.19. The van der Waals surface area contributed by atoms with Crippen molar-refractivity contribution in [3.8, 4) is 11.8 Å². The van der Waals surface area contributed by atoms with Gasteiger partial charge in [-0.2, -0.15) is 5.26 Å². The molecule has 2 aromatic carbocycles. The van der Waals surface area contributed by atoms with E-state index in [2.05, 4.69) is 5.32 Å². The van der Waals surface area contributed by atoms with Gasteiger partial charge in [0.15, 0.2) is 0 Å². The second-order valence-electron chi connectivity index (χ2n) is 6.50. The van der Waals surface area contributed by atoms with Crippen molar-refractivity contribution in [1.82, 2.24) is 0 Å². The molecule has 0 saturated carbocycles. The molecule has 1 atom stereocenters. The average molecular weight is 407 g/mol. The number of methoxy groups -OCH3 is 1. The molecule has 3 rings (SSSR count). The van der Waals surface area contributed by atoms with E-state index in [4.69, 9.17) is 4.74 Å². The summed E-state index contributed by atoms with van der Waals surface area (Å²) in [5.41, 5.74) is 2.09. The van der Waals surface area contributed by atoms with Crippen molar-refractivity contribution in [1.29, 1.82) is 5.26 Å². The van der Waals surface area contributed by atoms with Gasteiger partial charge in [0.1, 0.15) is 22.4 Å². The number of nitriles is 1. The first-order valence-electron chi connectivity index (χ1n) is 9.15. The van der Waals surface area contributed by atoms with E-state index >= 15 is 0 Å². The smallest absolute Gasteiger partial charge is 0.269 e. The van der Waals surface area contributed by atoms with Crippen LogP contribution in [0.3, 0.4) is 0 Å². The summed E-state index contributed by atoms with van der Waals surface area (Å²) in [6.07, 6.45) is 0.595. The van der Waals surface area contributed by atoms with Crippen LogP contribution in [-0.2, 0) is 9.59 Å². The molecule has 1 N–H and O–H groups in total. The monoisotopic (exact) mass is 407 g/mol. The van der Waals surface area contributed by atoms with Crippen molar-refractivity contribution in [3.05, 3.63) is 64.7 Å². The second-order valence-corrected chi connectivity index (χ2v) is 7.69. The van der Waals surface area contributed by atoms with E-state index in [0.717, 1.165) is 5.56 Å². The topological polar surface area (TPSA) is 82.4 Å². The van der Waals surface area contributed by atoms with Gasteiger partial charge < -0.3 is 10.1 Å². The molecule has 29 heavy (non-hydrogen) atoms. The van der Waals surface area contributed by atoms with Gasteiger partial charge in [-0.05, 0) is 55.3 Å². The lowest BCUT2D eigenvalue weighted by atomic mass is 10.2. The van der Waals surface area contributed by atoms with E-state index < -0.39 is 5.91 Å². The van der Waals surface area contributed by atoms with E-state index in [1.54, 1.807) is 37.4 Å². The van der Waals surface area contributed by atoms with Crippen LogP contribution in [0.2, 0.25) is 0 Å². The van der Waals surface area contributed by atoms with Gasteiger partial charge in [0.25, 0.3) is 5.91 Å². The summed E-state index contributed by atoms with van der Waals surface area (Å²) in [7, 11) is 1.56. The number of anilines is 2. The molecule has 1 saturated heterocycles. The minimum atomic E-state index is -0.538. The number of benzene rings is 2. The number of ether oxygens (including phenoxy) is 1. The maximum Gasteiger partial charge on any atom is 0.269 e. The highest BCUT2D eigenvalue weighted by Gasteiger charge is 2.39. The fraction of sp³-hybridized carbons (Fsp3) is 0.227. The zero-order chi connectivity index (χ0) is 21.0. The molecule has 0 aromatic heterocycles. The molecule has 0 spiro atoms. The Hall–Kier alpha value is -3.24. The van der Waals surface area contributed by atoms with Crippen molar-refractivity contribution in [2.75, 3.05) is 17.3 Å². The molecule has 1 unspecified atom stereocenters. The Balaban J connectivity index is 2.01. The summed E-state index contributed by atoms with van der Waals surface area (Å²) in [6.45, 7) is 3.83. The highest BCUT2D eigenvalue weighted by molar-refractivity contribution is 8.05. The van der Waals surface area contributed by atoms with Gasteiger partial charge in [-0.25, -0.2) is 0 Å². The van der Waals surface area contributed by atoms with E-state index in [1.165, 1.54) is 16.7 Å². The highest BCUT2D eigenvalue weighted by Crippen LogP contribution is 2.42. The quantitative estimate of drug-likeness (QED) is 0.592. The molecule has 0 aliphatic carbocycles. The van der Waals surface area contributed by atoms with Gasteiger partial charge in [-0.15, -0.1) is 0 Å². The van der Waals surface area contributed by atoms with Gasteiger partial charge >= 0.3 is 0 Å². The zero-order valence-electron chi connectivity index (χ0n) is 16.4. The predicted octanol–water partition coefficient (Wildman–Crippen LogP) is 4.24. The Morgan fingerprint density at radius 1 is 1.28 bits per heavy atom. The van der Waals surface area contributed by atoms with Gasteiger partial charge in [0.2, 0.25) is 5.91 Å². The Morgan fingerprint density at radius 2 is 2.00 bits per heavy atom. The first-order valence-corrected chi connectivity index (χ1v) is 10.0. The maximum absolute atomic E-state index is 12.9. The molecule has 2 aromatic rings. The molecule has 7 heteroatoms. The molecule has 6 nitrogen and oxygen atoms in total. The summed E-state index contributed by atoms with van der Waals surface area (Å²) in [5, 5.41) is 12.5. The Labute approximate surface area is 174 Å². The normalized spacial score (nSPS) is 17.7.